The molecular formula is C20H40OP+. The predicted octanol–water partition coefficient (Wildman–Crippen LogP) is 7.23. The molecule has 0 atom stereocenters. The molecule has 1 aliphatic carbocycles. The van der Waals surface area contributed by atoms with Crippen LogP contribution in [0.5, 0.6) is 0 Å². The second-order valence-electron chi connectivity index (χ2n) is 7.15. The lowest BCUT2D eigenvalue weighted by atomic mass is 9.93. The lowest BCUT2D eigenvalue weighted by Gasteiger charge is -2.28. The summed E-state index contributed by atoms with van der Waals surface area (Å²) in [4.78, 5) is 0. The zero-order valence-corrected chi connectivity index (χ0v) is 16.6. The van der Waals surface area contributed by atoms with E-state index in [0.717, 1.165) is 6.61 Å². The predicted molar refractivity (Wildman–Crippen MR) is 103 cm³/mol. The second-order valence-corrected chi connectivity index (χ2v) is 10.9. The third-order valence-corrected chi connectivity index (χ3v) is 9.22. The van der Waals surface area contributed by atoms with Crippen molar-refractivity contribution in [3.05, 3.63) is 11.1 Å². The Morgan fingerprint density at radius 2 is 1.32 bits per heavy atom. The fourth-order valence-electron chi connectivity index (χ4n) is 3.40. The molecule has 0 saturated carbocycles. The first kappa shape index (κ1) is 20.2. The Kier molecular flexibility index (Phi) is 10.7. The number of allylic oxidation sites excluding steroid dienone is 1. The molecule has 1 nitrogen and oxygen atoms in total. The van der Waals surface area contributed by atoms with Crippen LogP contribution in [-0.2, 0) is 4.52 Å². The minimum absolute atomic E-state index is 0.955. The smallest absolute Gasteiger partial charge is 0.146 e. The highest BCUT2D eigenvalue weighted by Crippen LogP contribution is 2.62. The molecule has 22 heavy (non-hydrogen) atoms. The van der Waals surface area contributed by atoms with Crippen LogP contribution in [0.4, 0.5) is 0 Å². The van der Waals surface area contributed by atoms with Crippen LogP contribution in [0.25, 0.3) is 0 Å². The van der Waals surface area contributed by atoms with Crippen LogP contribution in [0.1, 0.15) is 91.9 Å². The zero-order valence-electron chi connectivity index (χ0n) is 15.8. The van der Waals surface area contributed by atoms with Gasteiger partial charge in [0.05, 0.1) is 18.5 Å². The number of unbranched alkanes of at least 4 members (excludes halogenated alkanes) is 3. The molecule has 0 radical (unpaired) electrons. The van der Waals surface area contributed by atoms with Gasteiger partial charge in [0.25, 0.3) is 0 Å². The lowest BCUT2D eigenvalue weighted by Crippen LogP contribution is -2.15. The van der Waals surface area contributed by atoms with Crippen LogP contribution in [0, 0.1) is 0 Å². The summed E-state index contributed by atoms with van der Waals surface area (Å²) in [6, 6.07) is 0. The number of hydrogen-bond donors (Lipinski definition) is 0. The lowest BCUT2D eigenvalue weighted by molar-refractivity contribution is 0.360. The fourth-order valence-corrected chi connectivity index (χ4v) is 7.56. The van der Waals surface area contributed by atoms with Crippen molar-refractivity contribution >= 4 is 7.49 Å². The van der Waals surface area contributed by atoms with Gasteiger partial charge in [0, 0.05) is 0 Å². The maximum atomic E-state index is 6.80. The Bertz CT molecular complexity index is 300. The van der Waals surface area contributed by atoms with Crippen molar-refractivity contribution in [3.8, 4) is 0 Å². The van der Waals surface area contributed by atoms with Gasteiger partial charge in [-0.1, -0.05) is 45.6 Å². The number of hydrogen-bond acceptors (Lipinski definition) is 1. The highest BCUT2D eigenvalue weighted by Gasteiger charge is 2.38. The molecule has 0 aliphatic heterocycles. The summed E-state index contributed by atoms with van der Waals surface area (Å²) in [5.74, 6) is 0. The van der Waals surface area contributed by atoms with Crippen LogP contribution in [0.2, 0.25) is 0 Å². The van der Waals surface area contributed by atoms with E-state index in [1.165, 1.54) is 82.7 Å². The Morgan fingerprint density at radius 1 is 0.818 bits per heavy atom. The van der Waals surface area contributed by atoms with Gasteiger partial charge in [-0.2, -0.15) is 0 Å². The summed E-state index contributed by atoms with van der Waals surface area (Å²) in [5, 5.41) is 0. The van der Waals surface area contributed by atoms with E-state index in [2.05, 4.69) is 27.7 Å². The molecule has 0 unspecified atom stereocenters. The largest absolute Gasteiger partial charge is 0.234 e. The highest BCUT2D eigenvalue weighted by atomic mass is 31.2. The van der Waals surface area contributed by atoms with Crippen molar-refractivity contribution in [2.24, 2.45) is 0 Å². The monoisotopic (exact) mass is 327 g/mol. The third kappa shape index (κ3) is 7.14. The summed E-state index contributed by atoms with van der Waals surface area (Å²) >= 11 is 0. The molecule has 0 aromatic carbocycles. The molecule has 0 aromatic heterocycles. The van der Waals surface area contributed by atoms with Crippen LogP contribution >= 0.6 is 7.49 Å². The van der Waals surface area contributed by atoms with Gasteiger partial charge in [-0.3, -0.25) is 0 Å². The summed E-state index contributed by atoms with van der Waals surface area (Å²) in [6.45, 7) is 10.3. The first-order valence-corrected chi connectivity index (χ1v) is 12.1. The Labute approximate surface area is 140 Å². The van der Waals surface area contributed by atoms with Gasteiger partial charge < -0.3 is 0 Å². The molecule has 2 heteroatoms. The molecule has 0 saturated heterocycles. The molecule has 130 valence electrons. The average Bonchev–Trinajstić information content (AvgIpc) is 2.55. The third-order valence-electron chi connectivity index (χ3n) is 5.15. The zero-order chi connectivity index (χ0) is 16.3. The van der Waals surface area contributed by atoms with Gasteiger partial charge in [-0.15, -0.1) is 0 Å². The van der Waals surface area contributed by atoms with E-state index < -0.39 is 7.49 Å². The molecule has 1 rings (SSSR count). The van der Waals surface area contributed by atoms with Gasteiger partial charge in [0.15, 0.2) is 0 Å². The Balaban J connectivity index is 2.71. The van der Waals surface area contributed by atoms with E-state index in [1.54, 1.807) is 11.1 Å². The summed E-state index contributed by atoms with van der Waals surface area (Å²) in [5.41, 5.74) is 3.27. The normalized spacial score (nSPS) is 16.4. The molecule has 0 aromatic rings. The standard InChI is InChI=1S/C20H40OP/c1-5-8-15-22(16-9-6-2,17-10-7-3)21-18-20-14-12-11-13-19(20)4/h5-18H2,1-4H3/q+1. The van der Waals surface area contributed by atoms with Gasteiger partial charge in [-0.25, -0.2) is 4.52 Å². The van der Waals surface area contributed by atoms with Crippen molar-refractivity contribution < 1.29 is 4.52 Å². The second kappa shape index (κ2) is 11.6. The first-order valence-electron chi connectivity index (χ1n) is 9.85. The minimum atomic E-state index is -1.17. The van der Waals surface area contributed by atoms with Crippen LogP contribution in [0.3, 0.4) is 0 Å². The van der Waals surface area contributed by atoms with E-state index in [-0.39, 0.29) is 0 Å². The maximum Gasteiger partial charge on any atom is 0.146 e. The first-order chi connectivity index (χ1) is 10.7. The average molecular weight is 328 g/mol. The highest BCUT2D eigenvalue weighted by molar-refractivity contribution is 7.71. The van der Waals surface area contributed by atoms with E-state index in [1.807, 2.05) is 0 Å². The molecule has 0 N–H and O–H groups in total. The Hall–Kier alpha value is 0.130. The number of rotatable bonds is 12. The van der Waals surface area contributed by atoms with Crippen molar-refractivity contribution in [1.29, 1.82) is 0 Å². The molecule has 0 amide bonds. The summed E-state index contributed by atoms with van der Waals surface area (Å²) < 4.78 is 6.80. The molecule has 0 bridgehead atoms. The van der Waals surface area contributed by atoms with Crippen LogP contribution < -0.4 is 0 Å². The van der Waals surface area contributed by atoms with E-state index in [9.17, 15) is 0 Å². The topological polar surface area (TPSA) is 9.23 Å². The van der Waals surface area contributed by atoms with Crippen molar-refractivity contribution in [2.45, 2.75) is 91.9 Å². The van der Waals surface area contributed by atoms with Gasteiger partial charge >= 0.3 is 0 Å². The van der Waals surface area contributed by atoms with Gasteiger partial charge in [-0.05, 0) is 57.4 Å². The van der Waals surface area contributed by atoms with E-state index >= 15 is 0 Å². The summed E-state index contributed by atoms with van der Waals surface area (Å²) in [7, 11) is -1.17. The summed E-state index contributed by atoms with van der Waals surface area (Å²) in [6.07, 6.45) is 17.5. The van der Waals surface area contributed by atoms with E-state index in [4.69, 9.17) is 4.52 Å². The SMILES string of the molecule is CCCC[P+](CCCC)(CCCC)OCC1=C(C)CCCC1. The molecule has 0 heterocycles. The van der Waals surface area contributed by atoms with E-state index in [0.29, 0.717) is 0 Å². The maximum absolute atomic E-state index is 6.80. The van der Waals surface area contributed by atoms with Crippen molar-refractivity contribution in [3.63, 3.8) is 0 Å². The van der Waals surface area contributed by atoms with Crippen LogP contribution in [0.15, 0.2) is 11.1 Å². The quantitative estimate of drug-likeness (QED) is 0.271. The van der Waals surface area contributed by atoms with Crippen molar-refractivity contribution in [2.75, 3.05) is 25.1 Å². The molecule has 0 fully saturated rings. The fraction of sp³-hybridized carbons (Fsp3) is 0.900. The molecular weight excluding hydrogens is 287 g/mol. The van der Waals surface area contributed by atoms with Crippen molar-refractivity contribution in [1.82, 2.24) is 0 Å². The van der Waals surface area contributed by atoms with Gasteiger partial charge in [0.1, 0.15) is 14.1 Å². The Morgan fingerprint density at radius 3 is 1.77 bits per heavy atom. The van der Waals surface area contributed by atoms with Crippen LogP contribution in [-0.4, -0.2) is 25.1 Å². The minimum Gasteiger partial charge on any atom is -0.234 e. The molecule has 1 aliphatic rings. The molecule has 0 spiro atoms. The van der Waals surface area contributed by atoms with Gasteiger partial charge in [0.2, 0.25) is 0 Å².